The van der Waals surface area contributed by atoms with Crippen LogP contribution in [0, 0.1) is 11.8 Å². The minimum Gasteiger partial charge on any atom is -0.326 e. The van der Waals surface area contributed by atoms with Crippen LogP contribution in [0.5, 0.6) is 0 Å². The van der Waals surface area contributed by atoms with Gasteiger partial charge in [-0.15, -0.1) is 0 Å². The van der Waals surface area contributed by atoms with Crippen molar-refractivity contribution in [1.82, 2.24) is 19.4 Å². The molecule has 1 amide bonds. The molecule has 226 valence electrons. The molecule has 2 aliphatic rings. The van der Waals surface area contributed by atoms with Crippen molar-refractivity contribution >= 4 is 40.3 Å². The third-order valence-electron chi connectivity index (χ3n) is 8.88. The van der Waals surface area contributed by atoms with Crippen molar-refractivity contribution in [3.05, 3.63) is 42.0 Å². The normalized spacial score (nSPS) is 16.4. The van der Waals surface area contributed by atoms with Gasteiger partial charge in [-0.1, -0.05) is 33.1 Å². The quantitative estimate of drug-likeness (QED) is 0.218. The third-order valence-corrected chi connectivity index (χ3v) is 8.88. The second kappa shape index (κ2) is 14.3. The molecule has 0 bridgehead atoms. The lowest BCUT2D eigenvalue weighted by Gasteiger charge is -2.26. The van der Waals surface area contributed by atoms with Gasteiger partial charge >= 0.3 is 0 Å². The summed E-state index contributed by atoms with van der Waals surface area (Å²) < 4.78 is 2.17. The zero-order valence-corrected chi connectivity index (χ0v) is 25.8. The van der Waals surface area contributed by atoms with Crippen molar-refractivity contribution in [2.75, 3.05) is 36.4 Å². The molecule has 42 heavy (non-hydrogen) atoms. The third kappa shape index (κ3) is 7.77. The number of piperidine rings is 1. The number of carbonyl (C=O) groups is 2. The number of likely N-dealkylation sites (tertiary alicyclic amines) is 1. The Bertz CT molecular complexity index is 1340. The maximum absolute atomic E-state index is 13.6. The lowest BCUT2D eigenvalue weighted by Crippen LogP contribution is -2.34. The second-order valence-corrected chi connectivity index (χ2v) is 12.7. The molecule has 2 aromatic heterocycles. The molecule has 5 rings (SSSR count). The van der Waals surface area contributed by atoms with Crippen LogP contribution in [0.25, 0.3) is 11.2 Å². The summed E-state index contributed by atoms with van der Waals surface area (Å²) >= 11 is 0. The van der Waals surface area contributed by atoms with Crippen LogP contribution in [0.1, 0.15) is 95.3 Å². The van der Waals surface area contributed by atoms with Gasteiger partial charge in [0.05, 0.1) is 0 Å². The number of anilines is 3. The molecular weight excluding hydrogens is 524 g/mol. The molecule has 3 aromatic rings. The van der Waals surface area contributed by atoms with Crippen molar-refractivity contribution in [3.8, 4) is 0 Å². The van der Waals surface area contributed by atoms with E-state index in [1.165, 1.54) is 45.2 Å². The fourth-order valence-electron chi connectivity index (χ4n) is 6.33. The van der Waals surface area contributed by atoms with Gasteiger partial charge in [-0.25, -0.2) is 9.97 Å². The fraction of sp³-hybridized carbons (Fsp3) is 0.588. The molecule has 1 N–H and O–H groups in total. The number of benzene rings is 1. The van der Waals surface area contributed by atoms with Gasteiger partial charge in [0.25, 0.3) is 0 Å². The van der Waals surface area contributed by atoms with Gasteiger partial charge in [0, 0.05) is 30.8 Å². The van der Waals surface area contributed by atoms with Gasteiger partial charge in [0.1, 0.15) is 11.3 Å². The number of hydrogen-bond donors (Lipinski definition) is 1. The number of nitrogens with one attached hydrogen (secondary N) is 1. The van der Waals surface area contributed by atoms with Gasteiger partial charge in [0.15, 0.2) is 11.4 Å². The lowest BCUT2D eigenvalue weighted by molar-refractivity contribution is -0.119. The summed E-state index contributed by atoms with van der Waals surface area (Å²) in [5.41, 5.74) is 3.17. The number of fused-ring (bicyclic) bond motifs is 1. The number of aromatic nitrogens is 3. The van der Waals surface area contributed by atoms with Gasteiger partial charge < -0.3 is 10.2 Å². The van der Waals surface area contributed by atoms with E-state index in [9.17, 15) is 9.59 Å². The SMILES string of the molecule is CC(=O)c1ccc(Nc2nc3ccc(N(CCC(C)C)C(=O)CC4CCCC4)nc3n2CCCN2CCCCC2)cc1. The number of ketones is 1. The number of imidazole rings is 1. The van der Waals surface area contributed by atoms with Crippen molar-refractivity contribution in [3.63, 3.8) is 0 Å². The van der Waals surface area contributed by atoms with E-state index in [0.29, 0.717) is 30.4 Å². The molecule has 1 aliphatic carbocycles. The van der Waals surface area contributed by atoms with E-state index in [1.54, 1.807) is 6.92 Å². The molecule has 8 heteroatoms. The summed E-state index contributed by atoms with van der Waals surface area (Å²) in [6.07, 6.45) is 11.2. The van der Waals surface area contributed by atoms with E-state index in [2.05, 4.69) is 28.6 Å². The molecule has 1 aliphatic heterocycles. The van der Waals surface area contributed by atoms with Crippen LogP contribution in [0.3, 0.4) is 0 Å². The number of Topliss-reactive ketones (excluding diaryl/α,β-unsaturated/α-hetero) is 1. The maximum atomic E-state index is 13.6. The van der Waals surface area contributed by atoms with E-state index in [0.717, 1.165) is 67.4 Å². The molecule has 3 heterocycles. The Morgan fingerprint density at radius 3 is 2.38 bits per heavy atom. The van der Waals surface area contributed by atoms with Crippen molar-refractivity contribution in [1.29, 1.82) is 0 Å². The molecular formula is C34H48N6O2. The van der Waals surface area contributed by atoms with E-state index >= 15 is 0 Å². The first-order valence-corrected chi connectivity index (χ1v) is 16.2. The number of amides is 1. The number of hydrogen-bond acceptors (Lipinski definition) is 6. The molecule has 1 saturated heterocycles. The summed E-state index contributed by atoms with van der Waals surface area (Å²) in [5.74, 6) is 2.69. The highest BCUT2D eigenvalue weighted by molar-refractivity contribution is 5.95. The van der Waals surface area contributed by atoms with E-state index in [4.69, 9.17) is 9.97 Å². The van der Waals surface area contributed by atoms with Crippen LogP contribution in [-0.2, 0) is 11.3 Å². The zero-order valence-electron chi connectivity index (χ0n) is 25.8. The van der Waals surface area contributed by atoms with Gasteiger partial charge in [-0.05, 0) is 113 Å². The Kier molecular flexibility index (Phi) is 10.3. The Morgan fingerprint density at radius 2 is 1.69 bits per heavy atom. The highest BCUT2D eigenvalue weighted by Gasteiger charge is 2.25. The van der Waals surface area contributed by atoms with Crippen LogP contribution in [-0.4, -0.2) is 57.3 Å². The van der Waals surface area contributed by atoms with Crippen molar-refractivity contribution in [2.45, 2.75) is 91.5 Å². The monoisotopic (exact) mass is 572 g/mol. The Labute approximate surface area is 250 Å². The zero-order chi connectivity index (χ0) is 29.5. The van der Waals surface area contributed by atoms with Crippen LogP contribution in [0.15, 0.2) is 36.4 Å². The van der Waals surface area contributed by atoms with Gasteiger partial charge in [-0.2, -0.15) is 0 Å². The van der Waals surface area contributed by atoms with Gasteiger partial charge in [-0.3, -0.25) is 19.1 Å². The second-order valence-electron chi connectivity index (χ2n) is 12.7. The highest BCUT2D eigenvalue weighted by atomic mass is 16.2. The predicted octanol–water partition coefficient (Wildman–Crippen LogP) is 7.21. The molecule has 1 saturated carbocycles. The number of carbonyl (C=O) groups excluding carboxylic acids is 2. The average Bonchev–Trinajstić information content (AvgIpc) is 3.61. The predicted molar refractivity (Wildman–Crippen MR) is 171 cm³/mol. The first kappa shape index (κ1) is 30.2. The molecule has 0 spiro atoms. The average molecular weight is 573 g/mol. The molecule has 0 atom stereocenters. The number of rotatable bonds is 13. The molecule has 2 fully saturated rings. The minimum absolute atomic E-state index is 0.0488. The number of aryl methyl sites for hydroxylation is 1. The smallest absolute Gasteiger partial charge is 0.228 e. The highest BCUT2D eigenvalue weighted by Crippen LogP contribution is 2.30. The Hall–Kier alpha value is -3.26. The number of pyridine rings is 1. The number of nitrogens with zero attached hydrogens (tertiary/aromatic N) is 5. The standard InChI is InChI=1S/C34H48N6O2/c1-25(2)18-23-39(32(42)24-27-10-5-6-11-27)31-17-16-30-33(37-31)40(22-9-21-38-19-7-4-8-20-38)34(36-30)35-29-14-12-28(13-15-29)26(3)41/h12-17,25,27H,4-11,18-24H2,1-3H3,(H,35,36). The summed E-state index contributed by atoms with van der Waals surface area (Å²) in [6, 6.07) is 11.5. The van der Waals surface area contributed by atoms with E-state index < -0.39 is 0 Å². The van der Waals surface area contributed by atoms with E-state index in [-0.39, 0.29) is 11.7 Å². The van der Waals surface area contributed by atoms with Crippen LogP contribution >= 0.6 is 0 Å². The summed E-state index contributed by atoms with van der Waals surface area (Å²) in [6.45, 7) is 10.8. The molecule has 0 unspecified atom stereocenters. The van der Waals surface area contributed by atoms with Crippen LogP contribution < -0.4 is 10.2 Å². The first-order chi connectivity index (χ1) is 20.4. The molecule has 1 aromatic carbocycles. The largest absolute Gasteiger partial charge is 0.326 e. The van der Waals surface area contributed by atoms with Crippen LogP contribution in [0.4, 0.5) is 17.5 Å². The maximum Gasteiger partial charge on any atom is 0.228 e. The fourth-order valence-corrected chi connectivity index (χ4v) is 6.33. The summed E-state index contributed by atoms with van der Waals surface area (Å²) in [4.78, 5) is 39.9. The van der Waals surface area contributed by atoms with Crippen molar-refractivity contribution in [2.24, 2.45) is 11.8 Å². The summed E-state index contributed by atoms with van der Waals surface area (Å²) in [5, 5.41) is 3.48. The minimum atomic E-state index is 0.0488. The van der Waals surface area contributed by atoms with E-state index in [1.807, 2.05) is 41.3 Å². The Morgan fingerprint density at radius 1 is 0.952 bits per heavy atom. The molecule has 8 nitrogen and oxygen atoms in total. The lowest BCUT2D eigenvalue weighted by atomic mass is 10.0. The Balaban J connectivity index is 1.43. The topological polar surface area (TPSA) is 83.4 Å². The first-order valence-electron chi connectivity index (χ1n) is 16.2. The van der Waals surface area contributed by atoms with Gasteiger partial charge in [0.2, 0.25) is 11.9 Å². The summed E-state index contributed by atoms with van der Waals surface area (Å²) in [7, 11) is 0. The molecule has 0 radical (unpaired) electrons. The van der Waals surface area contributed by atoms with Crippen molar-refractivity contribution < 1.29 is 9.59 Å². The van der Waals surface area contributed by atoms with Crippen LogP contribution in [0.2, 0.25) is 0 Å².